The van der Waals surface area contributed by atoms with E-state index < -0.39 is 0 Å². The lowest BCUT2D eigenvalue weighted by Crippen LogP contribution is -2.40. The highest BCUT2D eigenvalue weighted by Gasteiger charge is 2.23. The van der Waals surface area contributed by atoms with Crippen LogP contribution in [-0.4, -0.2) is 26.7 Å². The van der Waals surface area contributed by atoms with E-state index in [-0.39, 0.29) is 23.5 Å². The Morgan fingerprint density at radius 3 is 3.12 bits per heavy atom. The van der Waals surface area contributed by atoms with Gasteiger partial charge in [0.1, 0.15) is 17.3 Å². The Kier molecular flexibility index (Phi) is 3.83. The van der Waals surface area contributed by atoms with E-state index in [0.717, 1.165) is 24.4 Å². The molecule has 25 heavy (non-hydrogen) atoms. The molecule has 0 bridgehead atoms. The molecule has 3 aromatic rings. The van der Waals surface area contributed by atoms with Crippen LogP contribution in [-0.2, 0) is 13.0 Å². The molecule has 1 amide bonds. The van der Waals surface area contributed by atoms with Crippen molar-refractivity contribution in [3.63, 3.8) is 0 Å². The molecule has 1 atom stereocenters. The number of halogens is 1. The maximum absolute atomic E-state index is 13.3. The van der Waals surface area contributed by atoms with Gasteiger partial charge in [0.25, 0.3) is 5.91 Å². The van der Waals surface area contributed by atoms with Crippen LogP contribution in [0.2, 0.25) is 0 Å². The number of aryl methyl sites for hydroxylation is 2. The van der Waals surface area contributed by atoms with E-state index in [1.54, 1.807) is 12.1 Å². The van der Waals surface area contributed by atoms with Crippen LogP contribution in [0.3, 0.4) is 0 Å². The summed E-state index contributed by atoms with van der Waals surface area (Å²) in [5.41, 5.74) is 1.98. The monoisotopic (exact) mass is 340 g/mol. The highest BCUT2D eigenvalue weighted by Crippen LogP contribution is 2.20. The van der Waals surface area contributed by atoms with E-state index in [4.69, 9.17) is 4.52 Å². The van der Waals surface area contributed by atoms with E-state index in [0.29, 0.717) is 17.8 Å². The van der Waals surface area contributed by atoms with Gasteiger partial charge in [-0.25, -0.2) is 9.37 Å². The normalized spacial score (nSPS) is 16.5. The maximum Gasteiger partial charge on any atom is 0.290 e. The van der Waals surface area contributed by atoms with Gasteiger partial charge < -0.3 is 14.4 Å². The number of hydrogen-bond donors (Lipinski definition) is 1. The second-order valence-electron chi connectivity index (χ2n) is 6.25. The van der Waals surface area contributed by atoms with Crippen molar-refractivity contribution in [2.24, 2.45) is 0 Å². The summed E-state index contributed by atoms with van der Waals surface area (Å²) in [6.45, 7) is 2.65. The minimum absolute atomic E-state index is 0.0105. The van der Waals surface area contributed by atoms with Crippen LogP contribution in [0.5, 0.6) is 0 Å². The number of amides is 1. The number of nitrogens with zero attached hydrogens (tertiary/aromatic N) is 3. The molecule has 0 aliphatic carbocycles. The summed E-state index contributed by atoms with van der Waals surface area (Å²) >= 11 is 0. The molecule has 4 rings (SSSR count). The predicted octanol–water partition coefficient (Wildman–Crippen LogP) is 2.73. The van der Waals surface area contributed by atoms with Crippen LogP contribution in [0.25, 0.3) is 11.3 Å². The summed E-state index contributed by atoms with van der Waals surface area (Å²) in [6.07, 6.45) is 3.64. The van der Waals surface area contributed by atoms with Gasteiger partial charge in [-0.15, -0.1) is 0 Å². The Morgan fingerprint density at radius 2 is 2.28 bits per heavy atom. The van der Waals surface area contributed by atoms with Crippen molar-refractivity contribution in [2.45, 2.75) is 32.4 Å². The number of benzene rings is 1. The van der Waals surface area contributed by atoms with Crippen LogP contribution in [0.15, 0.2) is 41.1 Å². The first-order valence-electron chi connectivity index (χ1n) is 8.14. The van der Waals surface area contributed by atoms with Crippen LogP contribution < -0.4 is 5.32 Å². The van der Waals surface area contributed by atoms with Gasteiger partial charge in [0.2, 0.25) is 5.76 Å². The van der Waals surface area contributed by atoms with Crippen molar-refractivity contribution in [3.8, 4) is 11.3 Å². The first kappa shape index (κ1) is 15.6. The molecule has 7 heteroatoms. The standard InChI is InChI=1S/C18H17FN4O2/c1-11-9-23-10-14(5-6-17(23)20-11)21-18(24)16-8-15(22-25-16)12-3-2-4-13(19)7-12/h2-4,7-9,14H,5-6,10H2,1H3,(H,21,24)/t14-/m0/s1. The molecule has 1 N–H and O–H groups in total. The van der Waals surface area contributed by atoms with Gasteiger partial charge in [0, 0.05) is 36.8 Å². The lowest BCUT2D eigenvalue weighted by atomic mass is 10.1. The molecule has 1 aliphatic heterocycles. The Labute approximate surface area is 143 Å². The third-order valence-corrected chi connectivity index (χ3v) is 4.30. The summed E-state index contributed by atoms with van der Waals surface area (Å²) in [5.74, 6) is 0.489. The quantitative estimate of drug-likeness (QED) is 0.796. The highest BCUT2D eigenvalue weighted by molar-refractivity contribution is 5.92. The number of imidazole rings is 1. The summed E-state index contributed by atoms with van der Waals surface area (Å²) < 4.78 is 20.5. The SMILES string of the molecule is Cc1cn2c(n1)CC[C@H](NC(=O)c1cc(-c3cccc(F)c3)no1)C2. The molecule has 0 unspecified atom stereocenters. The second-order valence-corrected chi connectivity index (χ2v) is 6.25. The minimum atomic E-state index is -0.361. The smallest absolute Gasteiger partial charge is 0.290 e. The Balaban J connectivity index is 1.45. The molecule has 0 radical (unpaired) electrons. The summed E-state index contributed by atoms with van der Waals surface area (Å²) in [5, 5.41) is 6.83. The van der Waals surface area contributed by atoms with Gasteiger partial charge in [-0.2, -0.15) is 0 Å². The Bertz CT molecular complexity index is 931. The Morgan fingerprint density at radius 1 is 1.40 bits per heavy atom. The summed E-state index contributed by atoms with van der Waals surface area (Å²) in [4.78, 5) is 16.9. The van der Waals surface area contributed by atoms with E-state index >= 15 is 0 Å². The van der Waals surface area contributed by atoms with Crippen LogP contribution in [0, 0.1) is 12.7 Å². The zero-order valence-corrected chi connectivity index (χ0v) is 13.7. The second kappa shape index (κ2) is 6.16. The first-order chi connectivity index (χ1) is 12.1. The number of carbonyl (C=O) groups excluding carboxylic acids is 1. The molecule has 2 aromatic heterocycles. The van der Waals surface area contributed by atoms with E-state index in [2.05, 4.69) is 20.0 Å². The number of fused-ring (bicyclic) bond motifs is 1. The number of nitrogens with one attached hydrogen (secondary N) is 1. The number of aromatic nitrogens is 3. The van der Waals surface area contributed by atoms with Gasteiger partial charge in [-0.3, -0.25) is 4.79 Å². The lowest BCUT2D eigenvalue weighted by molar-refractivity contribution is 0.0890. The topological polar surface area (TPSA) is 73.0 Å². The molecule has 1 aromatic carbocycles. The van der Waals surface area contributed by atoms with Crippen molar-refractivity contribution in [1.29, 1.82) is 0 Å². The molecule has 0 fully saturated rings. The molecular weight excluding hydrogens is 323 g/mol. The van der Waals surface area contributed by atoms with Crippen molar-refractivity contribution in [3.05, 3.63) is 59.6 Å². The predicted molar refractivity (Wildman–Crippen MR) is 88.4 cm³/mol. The summed E-state index contributed by atoms with van der Waals surface area (Å²) in [7, 11) is 0. The van der Waals surface area contributed by atoms with Gasteiger partial charge in [0.05, 0.1) is 5.69 Å². The van der Waals surface area contributed by atoms with E-state index in [9.17, 15) is 9.18 Å². The van der Waals surface area contributed by atoms with Gasteiger partial charge >= 0.3 is 0 Å². The van der Waals surface area contributed by atoms with Crippen LogP contribution in [0.4, 0.5) is 4.39 Å². The Hall–Kier alpha value is -2.96. The van der Waals surface area contributed by atoms with Crippen molar-refractivity contribution >= 4 is 5.91 Å². The van der Waals surface area contributed by atoms with Crippen molar-refractivity contribution in [1.82, 2.24) is 20.0 Å². The molecule has 0 saturated carbocycles. The molecule has 128 valence electrons. The molecule has 0 saturated heterocycles. The lowest BCUT2D eigenvalue weighted by Gasteiger charge is -2.24. The fourth-order valence-electron chi connectivity index (χ4n) is 3.13. The fourth-order valence-corrected chi connectivity index (χ4v) is 3.13. The number of carbonyl (C=O) groups is 1. The molecule has 6 nitrogen and oxygen atoms in total. The average molecular weight is 340 g/mol. The fraction of sp³-hybridized carbons (Fsp3) is 0.278. The van der Waals surface area contributed by atoms with Crippen LogP contribution in [0.1, 0.15) is 28.5 Å². The summed E-state index contributed by atoms with van der Waals surface area (Å²) in [6, 6.07) is 7.55. The van der Waals surface area contributed by atoms with Gasteiger partial charge in [-0.1, -0.05) is 17.3 Å². The zero-order chi connectivity index (χ0) is 17.4. The van der Waals surface area contributed by atoms with E-state index in [1.807, 2.05) is 13.1 Å². The first-order valence-corrected chi connectivity index (χ1v) is 8.14. The average Bonchev–Trinajstić information content (AvgIpc) is 3.20. The molecule has 3 heterocycles. The third-order valence-electron chi connectivity index (χ3n) is 4.30. The molecular formula is C18H17FN4O2. The number of rotatable bonds is 3. The van der Waals surface area contributed by atoms with Gasteiger partial charge in [-0.05, 0) is 25.5 Å². The van der Waals surface area contributed by atoms with Gasteiger partial charge in [0.15, 0.2) is 0 Å². The largest absolute Gasteiger partial charge is 0.350 e. The number of hydrogen-bond acceptors (Lipinski definition) is 4. The molecule has 1 aliphatic rings. The highest BCUT2D eigenvalue weighted by atomic mass is 19.1. The minimum Gasteiger partial charge on any atom is -0.350 e. The zero-order valence-electron chi connectivity index (χ0n) is 13.7. The van der Waals surface area contributed by atoms with Crippen molar-refractivity contribution in [2.75, 3.05) is 0 Å². The molecule has 0 spiro atoms. The van der Waals surface area contributed by atoms with Crippen molar-refractivity contribution < 1.29 is 13.7 Å². The van der Waals surface area contributed by atoms with E-state index in [1.165, 1.54) is 18.2 Å². The maximum atomic E-state index is 13.3. The van der Waals surface area contributed by atoms with Crippen LogP contribution >= 0.6 is 0 Å². The third kappa shape index (κ3) is 3.17.